The average Bonchev–Trinajstić information content (AvgIpc) is 2.59. The molecular weight excluding hydrogens is 294 g/mol. The molecule has 23 heavy (non-hydrogen) atoms. The number of nitrogens with zero attached hydrogens (tertiary/aromatic N) is 4. The number of nitrogens with one attached hydrogen (secondary N) is 1. The summed E-state index contributed by atoms with van der Waals surface area (Å²) in [5, 5.41) is 3.34. The minimum Gasteiger partial charge on any atom is -0.450 e. The summed E-state index contributed by atoms with van der Waals surface area (Å²) >= 11 is 0. The summed E-state index contributed by atoms with van der Waals surface area (Å²) in [6, 6.07) is 1.89. The second-order valence-electron chi connectivity index (χ2n) is 5.55. The van der Waals surface area contributed by atoms with Gasteiger partial charge in [0.25, 0.3) is 0 Å². The quantitative estimate of drug-likeness (QED) is 0.777. The zero-order chi connectivity index (χ0) is 16.5. The normalized spacial score (nSPS) is 14.7. The Hall–Kier alpha value is -2.05. The minimum absolute atomic E-state index is 0.237. The van der Waals surface area contributed by atoms with E-state index in [-0.39, 0.29) is 6.09 Å². The molecule has 0 aromatic carbocycles. The fourth-order valence-corrected chi connectivity index (χ4v) is 2.49. The molecule has 0 aliphatic carbocycles. The predicted octanol–water partition coefficient (Wildman–Crippen LogP) is 2.36. The van der Waals surface area contributed by atoms with Gasteiger partial charge < -0.3 is 19.9 Å². The van der Waals surface area contributed by atoms with Gasteiger partial charge in [-0.1, -0.05) is 19.8 Å². The highest BCUT2D eigenvalue weighted by molar-refractivity contribution is 5.68. The average molecular weight is 321 g/mol. The van der Waals surface area contributed by atoms with Gasteiger partial charge in [-0.05, 0) is 19.4 Å². The zero-order valence-corrected chi connectivity index (χ0v) is 14.1. The lowest BCUT2D eigenvalue weighted by atomic mass is 10.2. The number of ether oxygens (including phenoxy) is 1. The molecule has 7 heteroatoms. The van der Waals surface area contributed by atoms with E-state index >= 15 is 0 Å². The molecule has 1 aliphatic rings. The first kappa shape index (κ1) is 17.3. The van der Waals surface area contributed by atoms with Crippen molar-refractivity contribution in [1.29, 1.82) is 0 Å². The van der Waals surface area contributed by atoms with Gasteiger partial charge in [0, 0.05) is 38.9 Å². The molecule has 0 spiro atoms. The summed E-state index contributed by atoms with van der Waals surface area (Å²) < 4.78 is 5.03. The molecule has 2 rings (SSSR count). The number of hydrogen-bond donors (Lipinski definition) is 1. The van der Waals surface area contributed by atoms with E-state index in [0.29, 0.717) is 25.6 Å². The van der Waals surface area contributed by atoms with Crippen molar-refractivity contribution in [2.75, 3.05) is 49.5 Å². The molecule has 0 bridgehead atoms. The fourth-order valence-electron chi connectivity index (χ4n) is 2.49. The number of hydrogen-bond acceptors (Lipinski definition) is 6. The number of piperazine rings is 1. The summed E-state index contributed by atoms with van der Waals surface area (Å²) in [7, 11) is 0. The lowest BCUT2D eigenvalue weighted by molar-refractivity contribution is 0.105. The Kier molecular flexibility index (Phi) is 6.90. The van der Waals surface area contributed by atoms with Gasteiger partial charge >= 0.3 is 6.09 Å². The molecule has 128 valence electrons. The van der Waals surface area contributed by atoms with E-state index in [1.165, 1.54) is 12.8 Å². The molecule has 1 amide bonds. The van der Waals surface area contributed by atoms with Crippen LogP contribution in [-0.4, -0.2) is 60.3 Å². The second kappa shape index (κ2) is 9.17. The van der Waals surface area contributed by atoms with Crippen LogP contribution < -0.4 is 10.2 Å². The molecule has 0 unspecified atom stereocenters. The highest BCUT2D eigenvalue weighted by Gasteiger charge is 2.23. The highest BCUT2D eigenvalue weighted by Crippen LogP contribution is 2.14. The van der Waals surface area contributed by atoms with Crippen LogP contribution in [0.2, 0.25) is 0 Å². The van der Waals surface area contributed by atoms with E-state index in [9.17, 15) is 4.79 Å². The first-order chi connectivity index (χ1) is 11.2. The minimum atomic E-state index is -0.237. The van der Waals surface area contributed by atoms with Crippen molar-refractivity contribution in [1.82, 2.24) is 14.9 Å². The molecule has 0 radical (unpaired) electrons. The van der Waals surface area contributed by atoms with Gasteiger partial charge in [-0.15, -0.1) is 0 Å². The van der Waals surface area contributed by atoms with Crippen LogP contribution in [0.4, 0.5) is 16.6 Å². The molecular formula is C16H27N5O2. The Balaban J connectivity index is 1.84. The van der Waals surface area contributed by atoms with E-state index in [0.717, 1.165) is 31.9 Å². The summed E-state index contributed by atoms with van der Waals surface area (Å²) in [5.41, 5.74) is 0. The molecule has 1 aliphatic heterocycles. The van der Waals surface area contributed by atoms with Crippen LogP contribution in [0.5, 0.6) is 0 Å². The largest absolute Gasteiger partial charge is 0.450 e. The summed E-state index contributed by atoms with van der Waals surface area (Å²) in [6.45, 7) is 8.07. The van der Waals surface area contributed by atoms with Crippen LogP contribution in [0.25, 0.3) is 0 Å². The lowest BCUT2D eigenvalue weighted by Crippen LogP contribution is -2.49. The van der Waals surface area contributed by atoms with Gasteiger partial charge in [-0.25, -0.2) is 9.78 Å². The molecule has 1 aromatic heterocycles. The molecule has 0 saturated carbocycles. The maximum atomic E-state index is 11.7. The standard InChI is InChI=1S/C16H27N5O2/c1-3-5-6-8-17-14-7-9-18-15(19-14)20-10-12-21(13-11-20)16(22)23-4-2/h7,9H,3-6,8,10-13H2,1-2H3,(H,17,18,19). The summed E-state index contributed by atoms with van der Waals surface area (Å²) in [4.78, 5) is 24.5. The third kappa shape index (κ3) is 5.26. The summed E-state index contributed by atoms with van der Waals surface area (Å²) in [6.07, 6.45) is 5.12. The first-order valence-electron chi connectivity index (χ1n) is 8.48. The fraction of sp³-hybridized carbons (Fsp3) is 0.688. The number of rotatable bonds is 7. The van der Waals surface area contributed by atoms with Crippen LogP contribution in [0, 0.1) is 0 Å². The Morgan fingerprint density at radius 2 is 2.04 bits per heavy atom. The van der Waals surface area contributed by atoms with Gasteiger partial charge in [0.2, 0.25) is 5.95 Å². The number of carbonyl (C=O) groups excluding carboxylic acids is 1. The Morgan fingerprint density at radius 3 is 2.74 bits per heavy atom. The van der Waals surface area contributed by atoms with E-state index in [4.69, 9.17) is 4.74 Å². The van der Waals surface area contributed by atoms with Crippen molar-refractivity contribution in [2.24, 2.45) is 0 Å². The Morgan fingerprint density at radius 1 is 1.26 bits per heavy atom. The molecule has 1 N–H and O–H groups in total. The van der Waals surface area contributed by atoms with Crippen LogP contribution in [0.15, 0.2) is 12.3 Å². The van der Waals surface area contributed by atoms with E-state index in [2.05, 4.69) is 27.1 Å². The Labute approximate surface area is 138 Å². The van der Waals surface area contributed by atoms with Crippen LogP contribution in [0.1, 0.15) is 33.1 Å². The van der Waals surface area contributed by atoms with Crippen molar-refractivity contribution >= 4 is 17.9 Å². The number of carbonyl (C=O) groups is 1. The Bertz CT molecular complexity index is 489. The molecule has 7 nitrogen and oxygen atoms in total. The third-order valence-electron chi connectivity index (χ3n) is 3.82. The van der Waals surface area contributed by atoms with Crippen LogP contribution in [-0.2, 0) is 4.74 Å². The van der Waals surface area contributed by atoms with Crippen molar-refractivity contribution in [3.8, 4) is 0 Å². The maximum Gasteiger partial charge on any atom is 0.409 e. The van der Waals surface area contributed by atoms with Crippen molar-refractivity contribution in [2.45, 2.75) is 33.1 Å². The van der Waals surface area contributed by atoms with Gasteiger partial charge in [-0.3, -0.25) is 0 Å². The topological polar surface area (TPSA) is 70.6 Å². The molecule has 1 aromatic rings. The zero-order valence-electron chi connectivity index (χ0n) is 14.1. The van der Waals surface area contributed by atoms with Crippen LogP contribution in [0.3, 0.4) is 0 Å². The highest BCUT2D eigenvalue weighted by atomic mass is 16.6. The predicted molar refractivity (Wildman–Crippen MR) is 90.9 cm³/mol. The molecule has 1 fully saturated rings. The van der Waals surface area contributed by atoms with E-state index in [1.54, 1.807) is 11.1 Å². The van der Waals surface area contributed by atoms with E-state index < -0.39 is 0 Å². The number of anilines is 2. The van der Waals surface area contributed by atoms with E-state index in [1.807, 2.05) is 13.0 Å². The number of amides is 1. The lowest BCUT2D eigenvalue weighted by Gasteiger charge is -2.34. The molecule has 2 heterocycles. The smallest absolute Gasteiger partial charge is 0.409 e. The van der Waals surface area contributed by atoms with Crippen LogP contribution >= 0.6 is 0 Å². The van der Waals surface area contributed by atoms with Gasteiger partial charge in [0.1, 0.15) is 5.82 Å². The molecule has 1 saturated heterocycles. The number of aromatic nitrogens is 2. The number of unbranched alkanes of at least 4 members (excludes halogenated alkanes) is 2. The first-order valence-corrected chi connectivity index (χ1v) is 8.48. The molecule has 0 atom stereocenters. The third-order valence-corrected chi connectivity index (χ3v) is 3.82. The van der Waals surface area contributed by atoms with Crippen molar-refractivity contribution in [3.63, 3.8) is 0 Å². The monoisotopic (exact) mass is 321 g/mol. The van der Waals surface area contributed by atoms with Gasteiger partial charge in [-0.2, -0.15) is 4.98 Å². The SMILES string of the molecule is CCCCCNc1ccnc(N2CCN(C(=O)OCC)CC2)n1. The van der Waals surface area contributed by atoms with Gasteiger partial charge in [0.05, 0.1) is 6.61 Å². The van der Waals surface area contributed by atoms with Crippen molar-refractivity contribution in [3.05, 3.63) is 12.3 Å². The second-order valence-corrected chi connectivity index (χ2v) is 5.55. The summed E-state index contributed by atoms with van der Waals surface area (Å²) in [5.74, 6) is 1.58. The van der Waals surface area contributed by atoms with Gasteiger partial charge in [0.15, 0.2) is 0 Å². The maximum absolute atomic E-state index is 11.7. The van der Waals surface area contributed by atoms with Crippen molar-refractivity contribution < 1.29 is 9.53 Å².